The van der Waals surface area contributed by atoms with Crippen molar-refractivity contribution in [1.82, 2.24) is 14.8 Å². The number of hydrogen-bond donors (Lipinski definition) is 2. The lowest BCUT2D eigenvalue weighted by molar-refractivity contribution is -0.114. The summed E-state index contributed by atoms with van der Waals surface area (Å²) in [7, 11) is 0. The van der Waals surface area contributed by atoms with Gasteiger partial charge in [0.2, 0.25) is 5.91 Å². The quantitative estimate of drug-likeness (QED) is 0.389. The molecule has 0 spiro atoms. The molecule has 9 heteroatoms. The first-order chi connectivity index (χ1) is 14.5. The fraction of sp³-hybridized carbons (Fsp3) is 0.238. The molecule has 0 fully saturated rings. The highest BCUT2D eigenvalue weighted by Crippen LogP contribution is 2.27. The molecular weight excluding hydrogens is 420 g/mol. The molecule has 3 rings (SSSR count). The Morgan fingerprint density at radius 1 is 1.17 bits per heavy atom. The largest absolute Gasteiger partial charge is 0.343 e. The van der Waals surface area contributed by atoms with E-state index >= 15 is 0 Å². The molecule has 7 nitrogen and oxygen atoms in total. The zero-order valence-electron chi connectivity index (χ0n) is 16.7. The number of rotatable bonds is 9. The Balaban J connectivity index is 1.66. The molecule has 0 saturated carbocycles. The van der Waals surface area contributed by atoms with E-state index in [9.17, 15) is 14.4 Å². The topological polar surface area (TPSA) is 96.8 Å². The third kappa shape index (κ3) is 5.64. The van der Waals surface area contributed by atoms with Crippen LogP contribution in [0.5, 0.6) is 0 Å². The van der Waals surface area contributed by atoms with E-state index in [0.717, 1.165) is 10.5 Å². The van der Waals surface area contributed by atoms with Crippen molar-refractivity contribution in [2.24, 2.45) is 0 Å². The second kappa shape index (κ2) is 10.3. The summed E-state index contributed by atoms with van der Waals surface area (Å²) in [6.07, 6.45) is 2.59. The number of amides is 1. The number of nitrogens with zero attached hydrogens (tertiary/aromatic N) is 2. The number of aromatic amines is 1. The van der Waals surface area contributed by atoms with Crippen LogP contribution in [0.25, 0.3) is 0 Å². The maximum absolute atomic E-state index is 12.7. The van der Waals surface area contributed by atoms with Crippen LogP contribution in [0.15, 0.2) is 63.4 Å². The predicted octanol–water partition coefficient (Wildman–Crippen LogP) is 3.47. The maximum Gasteiger partial charge on any atom is 0.343 e. The molecule has 0 saturated heterocycles. The highest BCUT2D eigenvalue weighted by Gasteiger charge is 2.14. The van der Waals surface area contributed by atoms with Crippen molar-refractivity contribution in [3.8, 4) is 0 Å². The summed E-state index contributed by atoms with van der Waals surface area (Å²) < 4.78 is 1.55. The first-order valence-electron chi connectivity index (χ1n) is 9.28. The Bertz CT molecular complexity index is 1090. The van der Waals surface area contributed by atoms with E-state index in [2.05, 4.69) is 15.5 Å². The van der Waals surface area contributed by atoms with E-state index in [1.807, 2.05) is 36.6 Å². The summed E-state index contributed by atoms with van der Waals surface area (Å²) in [6, 6.07) is 15.1. The van der Waals surface area contributed by atoms with Crippen LogP contribution in [-0.4, -0.2) is 38.5 Å². The molecule has 1 heterocycles. The molecule has 2 N–H and O–H groups in total. The number of carbonyl (C=O) groups is 2. The first kappa shape index (κ1) is 21.9. The number of H-pyrrole nitrogens is 1. The van der Waals surface area contributed by atoms with Crippen molar-refractivity contribution in [1.29, 1.82) is 0 Å². The molecule has 2 aromatic carbocycles. The number of aryl methyl sites for hydroxylation is 1. The Hall–Kier alpha value is -2.78. The van der Waals surface area contributed by atoms with Crippen molar-refractivity contribution >= 4 is 40.9 Å². The molecule has 0 atom stereocenters. The van der Waals surface area contributed by atoms with Crippen molar-refractivity contribution in [3.63, 3.8) is 0 Å². The van der Waals surface area contributed by atoms with Gasteiger partial charge in [0.05, 0.1) is 11.4 Å². The number of hydrogen-bond acceptors (Lipinski definition) is 6. The molecule has 1 aromatic heterocycles. The second-order valence-electron chi connectivity index (χ2n) is 6.51. The highest BCUT2D eigenvalue weighted by molar-refractivity contribution is 7.99. The minimum atomic E-state index is -0.287. The maximum atomic E-state index is 12.7. The minimum Gasteiger partial charge on any atom is -0.325 e. The third-order valence-electron chi connectivity index (χ3n) is 4.36. The number of aromatic nitrogens is 3. The molecule has 0 bridgehead atoms. The zero-order valence-corrected chi connectivity index (χ0v) is 18.3. The molecule has 0 aliphatic heterocycles. The van der Waals surface area contributed by atoms with Crippen LogP contribution >= 0.6 is 23.5 Å². The lowest BCUT2D eigenvalue weighted by Crippen LogP contribution is -2.19. The summed E-state index contributed by atoms with van der Waals surface area (Å²) in [6.45, 7) is 1.93. The number of benzene rings is 2. The molecule has 0 radical (unpaired) electrons. The average Bonchev–Trinajstić information content (AvgIpc) is 3.10. The van der Waals surface area contributed by atoms with Crippen LogP contribution in [0.1, 0.15) is 22.8 Å². The zero-order chi connectivity index (χ0) is 21.5. The second-order valence-corrected chi connectivity index (χ2v) is 8.30. The third-order valence-corrected chi connectivity index (χ3v) is 6.11. The molecule has 3 aromatic rings. The summed E-state index contributed by atoms with van der Waals surface area (Å²) in [4.78, 5) is 36.9. The summed E-state index contributed by atoms with van der Waals surface area (Å²) in [5, 5.41) is 9.77. The molecule has 30 heavy (non-hydrogen) atoms. The summed E-state index contributed by atoms with van der Waals surface area (Å²) in [5.41, 5.74) is 2.07. The molecular formula is C21H22N4O3S2. The minimum absolute atomic E-state index is 0.0743. The molecule has 1 amide bonds. The van der Waals surface area contributed by atoms with E-state index in [1.165, 1.54) is 30.4 Å². The van der Waals surface area contributed by atoms with Crippen LogP contribution in [-0.2, 0) is 17.8 Å². The van der Waals surface area contributed by atoms with Gasteiger partial charge in [-0.15, -0.1) is 16.9 Å². The number of ketones is 1. The summed E-state index contributed by atoms with van der Waals surface area (Å²) in [5.74, 6) is -0.0789. The van der Waals surface area contributed by atoms with Crippen LogP contribution in [0.2, 0.25) is 0 Å². The number of nitrogens with one attached hydrogen (secondary N) is 2. The number of carbonyl (C=O) groups excluding carboxylic acids is 2. The van der Waals surface area contributed by atoms with Gasteiger partial charge in [0.1, 0.15) is 0 Å². The fourth-order valence-corrected chi connectivity index (χ4v) is 4.32. The van der Waals surface area contributed by atoms with Crippen LogP contribution in [0, 0.1) is 0 Å². The van der Waals surface area contributed by atoms with Gasteiger partial charge >= 0.3 is 5.69 Å². The Kier molecular flexibility index (Phi) is 7.53. The number of Topliss-reactive ketones (excluding diaryl/α,β-unsaturated/α-hetero) is 1. The Labute approximate surface area is 182 Å². The Morgan fingerprint density at radius 2 is 1.93 bits per heavy atom. The lowest BCUT2D eigenvalue weighted by atomic mass is 10.1. The van der Waals surface area contributed by atoms with Crippen molar-refractivity contribution < 1.29 is 9.59 Å². The van der Waals surface area contributed by atoms with E-state index in [0.29, 0.717) is 29.4 Å². The van der Waals surface area contributed by atoms with Crippen molar-refractivity contribution in [2.45, 2.75) is 29.9 Å². The van der Waals surface area contributed by atoms with Gasteiger partial charge in [-0.1, -0.05) is 42.1 Å². The van der Waals surface area contributed by atoms with Crippen LogP contribution in [0.3, 0.4) is 0 Å². The monoisotopic (exact) mass is 442 g/mol. The average molecular weight is 443 g/mol. The van der Waals surface area contributed by atoms with Gasteiger partial charge in [0.15, 0.2) is 10.9 Å². The van der Waals surface area contributed by atoms with Gasteiger partial charge in [-0.2, -0.15) is 0 Å². The van der Waals surface area contributed by atoms with Gasteiger partial charge in [0, 0.05) is 23.9 Å². The van der Waals surface area contributed by atoms with Crippen molar-refractivity contribution in [3.05, 3.63) is 70.1 Å². The first-order valence-corrected chi connectivity index (χ1v) is 11.5. The lowest BCUT2D eigenvalue weighted by Gasteiger charge is -2.10. The molecule has 0 unspecified atom stereocenters. The van der Waals surface area contributed by atoms with E-state index < -0.39 is 0 Å². The molecule has 0 aliphatic carbocycles. The van der Waals surface area contributed by atoms with Gasteiger partial charge in [0.25, 0.3) is 0 Å². The predicted molar refractivity (Wildman–Crippen MR) is 121 cm³/mol. The van der Waals surface area contributed by atoms with Crippen LogP contribution in [0.4, 0.5) is 5.69 Å². The Morgan fingerprint density at radius 3 is 2.63 bits per heavy atom. The highest BCUT2D eigenvalue weighted by atomic mass is 32.2. The summed E-state index contributed by atoms with van der Waals surface area (Å²) >= 11 is 2.69. The number of anilines is 1. The van der Waals surface area contributed by atoms with Gasteiger partial charge in [-0.25, -0.2) is 9.89 Å². The van der Waals surface area contributed by atoms with Crippen molar-refractivity contribution in [2.75, 3.05) is 17.3 Å². The fourth-order valence-electron chi connectivity index (χ4n) is 2.87. The SMILES string of the molecule is CSc1cc(C(=O)CSc2n[nH]c(=O)n2CCc2ccccc2)ccc1NC(C)=O. The molecule has 156 valence electrons. The van der Waals surface area contributed by atoms with Gasteiger partial charge in [-0.3, -0.25) is 14.2 Å². The molecule has 0 aliphatic rings. The van der Waals surface area contributed by atoms with E-state index in [4.69, 9.17) is 0 Å². The van der Waals surface area contributed by atoms with Gasteiger partial charge in [-0.05, 0) is 36.4 Å². The standard InChI is InChI=1S/C21H22N4O3S2/c1-14(26)22-17-9-8-16(12-19(17)29-2)18(27)13-30-21-24-23-20(28)25(21)11-10-15-6-4-3-5-7-15/h3-9,12H,10-11,13H2,1-2H3,(H,22,26)(H,23,28). The smallest absolute Gasteiger partial charge is 0.325 e. The number of thioether (sulfide) groups is 2. The van der Waals surface area contributed by atoms with Gasteiger partial charge < -0.3 is 5.32 Å². The van der Waals surface area contributed by atoms with E-state index in [-0.39, 0.29) is 23.1 Å². The normalized spacial score (nSPS) is 10.7. The van der Waals surface area contributed by atoms with E-state index in [1.54, 1.807) is 22.8 Å². The van der Waals surface area contributed by atoms with Crippen LogP contribution < -0.4 is 11.0 Å².